The van der Waals surface area contributed by atoms with Crippen molar-refractivity contribution in [3.8, 4) is 0 Å². The molecule has 38 heavy (non-hydrogen) atoms. The highest BCUT2D eigenvalue weighted by atomic mass is 79.9. The lowest BCUT2D eigenvalue weighted by Crippen LogP contribution is -2.85. The molecule has 8 heteroatoms. The van der Waals surface area contributed by atoms with E-state index >= 15 is 0 Å². The maximum absolute atomic E-state index is 13.5. The van der Waals surface area contributed by atoms with Crippen LogP contribution in [0.1, 0.15) is 27.9 Å². The second-order valence-electron chi connectivity index (χ2n) is 9.71. The van der Waals surface area contributed by atoms with E-state index in [0.717, 1.165) is 40.7 Å². The van der Waals surface area contributed by atoms with E-state index in [9.17, 15) is 9.59 Å². The van der Waals surface area contributed by atoms with Gasteiger partial charge in [-0.2, -0.15) is 0 Å². The molecule has 1 aliphatic heterocycles. The lowest BCUT2D eigenvalue weighted by Gasteiger charge is -2.27. The van der Waals surface area contributed by atoms with Crippen LogP contribution in [0.15, 0.2) is 88.9 Å². The summed E-state index contributed by atoms with van der Waals surface area (Å²) in [5, 5.41) is 2.24. The van der Waals surface area contributed by atoms with E-state index in [1.807, 2.05) is 65.6 Å². The maximum atomic E-state index is 13.5. The van der Waals surface area contributed by atoms with Crippen molar-refractivity contribution in [3.63, 3.8) is 0 Å². The molecule has 0 aliphatic carbocycles. The molecule has 6 N–H and O–H groups in total. The van der Waals surface area contributed by atoms with Gasteiger partial charge in [-0.1, -0.05) is 40.2 Å². The first kappa shape index (κ1) is 27.4. The topological polar surface area (TPSA) is 115 Å². The number of quaternary nitrogens is 1. The third kappa shape index (κ3) is 8.19. The van der Waals surface area contributed by atoms with E-state index in [2.05, 4.69) is 27.3 Å². The molecule has 0 radical (unpaired) electrons. The molecule has 3 aromatic carbocycles. The van der Waals surface area contributed by atoms with Gasteiger partial charge < -0.3 is 26.4 Å². The molecule has 0 bridgehead atoms. The lowest BCUT2D eigenvalue weighted by atomic mass is 9.99. The van der Waals surface area contributed by atoms with Crippen LogP contribution in [-0.4, -0.2) is 43.0 Å². The average molecular weight is 579 g/mol. The predicted octanol–water partition coefficient (Wildman–Crippen LogP) is 3.55. The van der Waals surface area contributed by atoms with Gasteiger partial charge in [-0.05, 0) is 77.7 Å². The van der Waals surface area contributed by atoms with Crippen LogP contribution in [0.5, 0.6) is 0 Å². The average Bonchev–Trinajstić information content (AvgIpc) is 3.15. The number of carbonyl (C=O) groups excluding carboxylic acids is 2. The van der Waals surface area contributed by atoms with Crippen molar-refractivity contribution in [2.24, 2.45) is 5.92 Å². The van der Waals surface area contributed by atoms with Crippen LogP contribution in [0.25, 0.3) is 0 Å². The number of hydrogen-bond donors (Lipinski definition) is 3. The van der Waals surface area contributed by atoms with E-state index in [1.54, 1.807) is 12.1 Å². The number of nitrogens with zero attached hydrogens (tertiary/aromatic N) is 1. The number of carbonyl (C=O) groups is 2. The number of amides is 1. The van der Waals surface area contributed by atoms with Crippen LogP contribution >= 0.6 is 15.9 Å². The Labute approximate surface area is 232 Å². The number of esters is 1. The summed E-state index contributed by atoms with van der Waals surface area (Å²) in [5.74, 6) is -0.0610. The summed E-state index contributed by atoms with van der Waals surface area (Å²) in [6, 6.07) is 22.2. The van der Waals surface area contributed by atoms with Gasteiger partial charge in [0.25, 0.3) is 0 Å². The number of halogens is 1. The molecule has 198 valence electrons. The van der Waals surface area contributed by atoms with E-state index in [0.29, 0.717) is 36.4 Å². The highest BCUT2D eigenvalue weighted by molar-refractivity contribution is 9.10. The van der Waals surface area contributed by atoms with Gasteiger partial charge in [0.15, 0.2) is 0 Å². The first-order valence-electron chi connectivity index (χ1n) is 12.7. The van der Waals surface area contributed by atoms with E-state index < -0.39 is 0 Å². The Morgan fingerprint density at radius 1 is 0.921 bits per heavy atom. The molecule has 0 fully saturated rings. The van der Waals surface area contributed by atoms with Gasteiger partial charge in [-0.25, -0.2) is 4.79 Å². The highest BCUT2D eigenvalue weighted by Gasteiger charge is 2.24. The monoisotopic (exact) mass is 577 g/mol. The fourth-order valence-corrected chi connectivity index (χ4v) is 4.80. The van der Waals surface area contributed by atoms with Gasteiger partial charge in [0.2, 0.25) is 5.91 Å². The van der Waals surface area contributed by atoms with Crippen molar-refractivity contribution < 1.29 is 19.6 Å². The molecule has 1 atom stereocenters. The first-order chi connectivity index (χ1) is 18.4. The number of hydrogen-bond acceptors (Lipinski definition) is 5. The minimum absolute atomic E-state index is 0.0584. The molecule has 0 saturated carbocycles. The Balaban J connectivity index is 1.42. The minimum Gasteiger partial charge on any atom is -0.458 e. The van der Waals surface area contributed by atoms with Crippen LogP contribution in [0, 0.1) is 5.92 Å². The van der Waals surface area contributed by atoms with Crippen LogP contribution < -0.4 is 16.8 Å². The zero-order valence-electron chi connectivity index (χ0n) is 21.3. The molecule has 0 saturated heterocycles. The van der Waals surface area contributed by atoms with Gasteiger partial charge in [0, 0.05) is 34.9 Å². The molecule has 1 amide bonds. The number of benzene rings is 3. The summed E-state index contributed by atoms with van der Waals surface area (Å²) >= 11 is 3.38. The van der Waals surface area contributed by atoms with Crippen molar-refractivity contribution in [1.82, 2.24) is 4.90 Å². The normalized spacial score (nSPS) is 15.3. The second kappa shape index (κ2) is 13.3. The SMILES string of the molecule is Nc1ccc(CC(=O)N(Cc2ccc(N)cc2)C[C@H]2C[NH2+]CC=C(COC(=O)c3ccc(Br)cc3)C2)cc1. The van der Waals surface area contributed by atoms with Crippen molar-refractivity contribution in [3.05, 3.63) is 106 Å². The molecule has 0 aromatic heterocycles. The van der Waals surface area contributed by atoms with Crippen molar-refractivity contribution in [2.45, 2.75) is 19.4 Å². The Hall–Kier alpha value is -3.62. The number of rotatable bonds is 9. The maximum Gasteiger partial charge on any atom is 0.338 e. The zero-order valence-corrected chi connectivity index (χ0v) is 22.9. The van der Waals surface area contributed by atoms with Crippen molar-refractivity contribution in [2.75, 3.05) is 37.7 Å². The molecular formula is C30H34BrN4O3+. The Morgan fingerprint density at radius 2 is 1.55 bits per heavy atom. The highest BCUT2D eigenvalue weighted by Crippen LogP contribution is 2.19. The second-order valence-corrected chi connectivity index (χ2v) is 10.6. The molecule has 1 heterocycles. The summed E-state index contributed by atoms with van der Waals surface area (Å²) in [6.07, 6.45) is 3.20. The van der Waals surface area contributed by atoms with Gasteiger partial charge in [0.05, 0.1) is 25.1 Å². The minimum atomic E-state index is -0.341. The van der Waals surface area contributed by atoms with Crippen LogP contribution in [0.4, 0.5) is 11.4 Å². The Bertz CT molecular complexity index is 1260. The number of ether oxygens (including phenoxy) is 1. The van der Waals surface area contributed by atoms with E-state index in [1.165, 1.54) is 0 Å². The predicted molar refractivity (Wildman–Crippen MR) is 153 cm³/mol. The third-order valence-corrected chi connectivity index (χ3v) is 7.14. The molecule has 1 aliphatic rings. The molecule has 7 nitrogen and oxygen atoms in total. The third-order valence-electron chi connectivity index (χ3n) is 6.61. The van der Waals surface area contributed by atoms with Crippen LogP contribution in [0.3, 0.4) is 0 Å². The molecule has 0 spiro atoms. The molecule has 3 aromatic rings. The number of nitrogens with two attached hydrogens (primary N) is 3. The van der Waals surface area contributed by atoms with Crippen LogP contribution in [-0.2, 0) is 22.5 Å². The summed E-state index contributed by atoms with van der Waals surface area (Å²) in [7, 11) is 0. The summed E-state index contributed by atoms with van der Waals surface area (Å²) in [4.78, 5) is 27.9. The fraction of sp³-hybridized carbons (Fsp3) is 0.267. The summed E-state index contributed by atoms with van der Waals surface area (Å²) in [6.45, 7) is 3.05. The largest absolute Gasteiger partial charge is 0.458 e. The standard InChI is InChI=1S/C30H33BrN4O3/c31-26-7-5-25(6-8-26)30(37)38-20-23-13-14-34-17-24(15-23)19-35(18-22-3-11-28(33)12-4-22)29(36)16-21-1-9-27(32)10-2-21/h1-13,24,34H,14-20,32-33H2/p+1/t24-/m1/s1. The Morgan fingerprint density at radius 3 is 2.21 bits per heavy atom. The van der Waals surface area contributed by atoms with Crippen molar-refractivity contribution >= 4 is 39.2 Å². The Kier molecular flexibility index (Phi) is 9.56. The van der Waals surface area contributed by atoms with Gasteiger partial charge in [-0.3, -0.25) is 4.79 Å². The molecule has 0 unspecified atom stereocenters. The van der Waals surface area contributed by atoms with Crippen LogP contribution in [0.2, 0.25) is 0 Å². The quantitative estimate of drug-likeness (QED) is 0.204. The van der Waals surface area contributed by atoms with E-state index in [4.69, 9.17) is 16.2 Å². The number of nitrogen functional groups attached to an aromatic ring is 2. The van der Waals surface area contributed by atoms with Gasteiger partial charge >= 0.3 is 5.97 Å². The van der Waals surface area contributed by atoms with E-state index in [-0.39, 0.29) is 24.4 Å². The molecule has 4 rings (SSSR count). The first-order valence-corrected chi connectivity index (χ1v) is 13.5. The summed E-state index contributed by atoms with van der Waals surface area (Å²) < 4.78 is 6.53. The smallest absolute Gasteiger partial charge is 0.338 e. The lowest BCUT2D eigenvalue weighted by molar-refractivity contribution is -0.650. The fourth-order valence-electron chi connectivity index (χ4n) is 4.54. The van der Waals surface area contributed by atoms with Gasteiger partial charge in [0.1, 0.15) is 6.61 Å². The zero-order chi connectivity index (χ0) is 26.9. The number of anilines is 2. The molecular weight excluding hydrogens is 544 g/mol. The summed E-state index contributed by atoms with van der Waals surface area (Å²) in [5.41, 5.74) is 16.6. The van der Waals surface area contributed by atoms with Crippen molar-refractivity contribution in [1.29, 1.82) is 0 Å². The van der Waals surface area contributed by atoms with Gasteiger partial charge in [-0.15, -0.1) is 0 Å².